The maximum absolute atomic E-state index is 13.7. The van der Waals surface area contributed by atoms with Gasteiger partial charge in [-0.3, -0.25) is 9.59 Å². The molecule has 3 rings (SSSR count). The van der Waals surface area contributed by atoms with Crippen LogP contribution >= 0.6 is 0 Å². The lowest BCUT2D eigenvalue weighted by Gasteiger charge is -2.28. The molecule has 0 radical (unpaired) electrons. The Kier molecular flexibility index (Phi) is 10.8. The minimum Gasteiger partial charge on any atom is -0.452 e. The molecule has 3 aromatic carbocycles. The van der Waals surface area contributed by atoms with Crippen molar-refractivity contribution in [1.82, 2.24) is 4.90 Å². The van der Waals surface area contributed by atoms with Crippen molar-refractivity contribution in [3.05, 3.63) is 95.9 Å². The highest BCUT2D eigenvalue weighted by Gasteiger charge is 2.35. The van der Waals surface area contributed by atoms with Gasteiger partial charge >= 0.3 is 6.09 Å². The molecule has 0 saturated carbocycles. The number of sulfone groups is 1. The smallest absolute Gasteiger partial charge is 0.417 e. The van der Waals surface area contributed by atoms with Crippen LogP contribution in [0.4, 0.5) is 10.5 Å². The van der Waals surface area contributed by atoms with Crippen molar-refractivity contribution in [2.24, 2.45) is 0 Å². The number of unbranched alkanes of at least 4 members (excludes halogenated alkanes) is 1. The zero-order chi connectivity index (χ0) is 29.1. The van der Waals surface area contributed by atoms with Crippen LogP contribution < -0.4 is 5.32 Å². The minimum atomic E-state index is -3.81. The van der Waals surface area contributed by atoms with E-state index in [1.807, 2.05) is 43.3 Å². The fourth-order valence-corrected chi connectivity index (χ4v) is 5.24. The van der Waals surface area contributed by atoms with E-state index >= 15 is 0 Å². The summed E-state index contributed by atoms with van der Waals surface area (Å²) in [6.45, 7) is 3.54. The number of amides is 3. The van der Waals surface area contributed by atoms with Gasteiger partial charge in [-0.25, -0.2) is 18.1 Å². The van der Waals surface area contributed by atoms with Gasteiger partial charge in [0, 0.05) is 23.9 Å². The second-order valence-electron chi connectivity index (χ2n) is 9.10. The van der Waals surface area contributed by atoms with Crippen molar-refractivity contribution >= 4 is 33.4 Å². The number of hydrogen-bond donors (Lipinski definition) is 1. The fourth-order valence-electron chi connectivity index (χ4n) is 4.11. The highest BCUT2D eigenvalue weighted by molar-refractivity contribution is 7.94. The number of imide groups is 1. The molecular weight excluding hydrogens is 528 g/mol. The SMILES string of the molecule is CCC/C=C/S(=O)(=O)c1cc(NC(=O)C(Cc2ccccc2)N(C(=O)CC)C(=O)OC)cc(-c2ccccc2)c1. The van der Waals surface area contributed by atoms with Gasteiger partial charge in [0.05, 0.1) is 12.0 Å². The molecule has 1 N–H and O–H groups in total. The van der Waals surface area contributed by atoms with Crippen LogP contribution in [0.15, 0.2) is 95.2 Å². The van der Waals surface area contributed by atoms with Crippen LogP contribution in [0.25, 0.3) is 11.1 Å². The zero-order valence-corrected chi connectivity index (χ0v) is 23.7. The van der Waals surface area contributed by atoms with E-state index in [0.29, 0.717) is 12.0 Å². The topological polar surface area (TPSA) is 110 Å². The van der Waals surface area contributed by atoms with Crippen molar-refractivity contribution < 1.29 is 27.5 Å². The van der Waals surface area contributed by atoms with Crippen molar-refractivity contribution in [2.45, 2.75) is 50.5 Å². The highest BCUT2D eigenvalue weighted by Crippen LogP contribution is 2.29. The van der Waals surface area contributed by atoms with E-state index in [2.05, 4.69) is 5.32 Å². The summed E-state index contributed by atoms with van der Waals surface area (Å²) in [7, 11) is -2.67. The lowest BCUT2D eigenvalue weighted by molar-refractivity contribution is -0.136. The first-order chi connectivity index (χ1) is 19.2. The summed E-state index contributed by atoms with van der Waals surface area (Å²) in [5.41, 5.74) is 2.27. The first kappa shape index (κ1) is 30.3. The Hall–Kier alpha value is -4.24. The van der Waals surface area contributed by atoms with E-state index in [1.165, 1.54) is 11.5 Å². The second-order valence-corrected chi connectivity index (χ2v) is 10.9. The van der Waals surface area contributed by atoms with Gasteiger partial charge in [-0.1, -0.05) is 87.0 Å². The Morgan fingerprint density at radius 3 is 2.17 bits per heavy atom. The fraction of sp³-hybridized carbons (Fsp3) is 0.258. The van der Waals surface area contributed by atoms with Crippen LogP contribution in [0, 0.1) is 0 Å². The average molecular weight is 563 g/mol. The first-order valence-electron chi connectivity index (χ1n) is 13.1. The number of allylic oxidation sites excluding steroid dienone is 1. The van der Waals surface area contributed by atoms with Gasteiger partial charge in [-0.05, 0) is 41.3 Å². The van der Waals surface area contributed by atoms with E-state index in [9.17, 15) is 22.8 Å². The van der Waals surface area contributed by atoms with Crippen LogP contribution in [-0.2, 0) is 30.6 Å². The molecule has 0 heterocycles. The van der Waals surface area contributed by atoms with Gasteiger partial charge < -0.3 is 10.1 Å². The van der Waals surface area contributed by atoms with Crippen molar-refractivity contribution in [3.63, 3.8) is 0 Å². The molecule has 8 nitrogen and oxygen atoms in total. The standard InChI is InChI=1S/C31H34N2O6S/c1-4-6-13-18-40(37,38)27-21-25(24-16-11-8-12-17-24)20-26(22-27)32-30(35)28(19-23-14-9-7-10-15-23)33(29(34)5-2)31(36)39-3/h7-18,20-22,28H,4-6,19H2,1-3H3,(H,32,35)/b18-13+. The number of methoxy groups -OCH3 is 1. The second kappa shape index (κ2) is 14.2. The van der Waals surface area contributed by atoms with E-state index in [1.54, 1.807) is 49.4 Å². The summed E-state index contributed by atoms with van der Waals surface area (Å²) in [6, 6.07) is 21.5. The summed E-state index contributed by atoms with van der Waals surface area (Å²) >= 11 is 0. The summed E-state index contributed by atoms with van der Waals surface area (Å²) in [5, 5.41) is 3.93. The summed E-state index contributed by atoms with van der Waals surface area (Å²) in [4.78, 5) is 40.0. The van der Waals surface area contributed by atoms with Gasteiger partial charge in [0.15, 0.2) is 9.84 Å². The summed E-state index contributed by atoms with van der Waals surface area (Å²) in [5.74, 6) is -1.24. The third kappa shape index (κ3) is 7.89. The van der Waals surface area contributed by atoms with Gasteiger partial charge in [-0.15, -0.1) is 0 Å². The van der Waals surface area contributed by atoms with Crippen LogP contribution in [0.5, 0.6) is 0 Å². The number of anilines is 1. The predicted octanol–water partition coefficient (Wildman–Crippen LogP) is 6.00. The highest BCUT2D eigenvalue weighted by atomic mass is 32.2. The van der Waals surface area contributed by atoms with E-state index in [4.69, 9.17) is 4.74 Å². The molecule has 40 heavy (non-hydrogen) atoms. The molecule has 9 heteroatoms. The molecular formula is C31H34N2O6S. The Labute approximate surface area is 235 Å². The summed E-state index contributed by atoms with van der Waals surface area (Å²) < 4.78 is 31.2. The first-order valence-corrected chi connectivity index (χ1v) is 14.6. The molecule has 1 atom stereocenters. The van der Waals surface area contributed by atoms with Crippen molar-refractivity contribution in [1.29, 1.82) is 0 Å². The maximum atomic E-state index is 13.7. The molecule has 0 spiro atoms. The Morgan fingerprint density at radius 1 is 0.925 bits per heavy atom. The maximum Gasteiger partial charge on any atom is 0.417 e. The lowest BCUT2D eigenvalue weighted by Crippen LogP contribution is -2.51. The van der Waals surface area contributed by atoms with E-state index < -0.39 is 33.8 Å². The number of ether oxygens (including phenoxy) is 1. The molecule has 3 aromatic rings. The molecule has 0 aliphatic heterocycles. The number of nitrogens with zero attached hydrogens (tertiary/aromatic N) is 1. The largest absolute Gasteiger partial charge is 0.452 e. The number of hydrogen-bond acceptors (Lipinski definition) is 6. The third-order valence-electron chi connectivity index (χ3n) is 6.17. The average Bonchev–Trinajstić information content (AvgIpc) is 2.97. The third-order valence-corrected chi connectivity index (χ3v) is 7.61. The summed E-state index contributed by atoms with van der Waals surface area (Å²) in [6.07, 6.45) is 2.07. The number of nitrogens with one attached hydrogen (secondary N) is 1. The number of rotatable bonds is 11. The van der Waals surface area contributed by atoms with Crippen LogP contribution in [0.1, 0.15) is 38.7 Å². The van der Waals surface area contributed by atoms with Gasteiger partial charge in [-0.2, -0.15) is 0 Å². The van der Waals surface area contributed by atoms with Crippen LogP contribution in [0.2, 0.25) is 0 Å². The number of carbonyl (C=O) groups is 3. The van der Waals surface area contributed by atoms with Crippen LogP contribution in [-0.4, -0.2) is 44.4 Å². The van der Waals surface area contributed by atoms with Crippen molar-refractivity contribution in [2.75, 3.05) is 12.4 Å². The molecule has 0 aliphatic rings. The molecule has 1 unspecified atom stereocenters. The Balaban J connectivity index is 2.08. The van der Waals surface area contributed by atoms with Gasteiger partial charge in [0.2, 0.25) is 11.8 Å². The van der Waals surface area contributed by atoms with Gasteiger partial charge in [0.25, 0.3) is 0 Å². The minimum absolute atomic E-state index is 0.00516. The Morgan fingerprint density at radius 2 is 1.57 bits per heavy atom. The lowest BCUT2D eigenvalue weighted by atomic mass is 10.0. The van der Waals surface area contributed by atoms with Crippen molar-refractivity contribution in [3.8, 4) is 11.1 Å². The molecule has 3 amide bonds. The molecule has 210 valence electrons. The monoisotopic (exact) mass is 562 g/mol. The van der Waals surface area contributed by atoms with E-state index in [-0.39, 0.29) is 23.4 Å². The van der Waals surface area contributed by atoms with Gasteiger partial charge in [0.1, 0.15) is 6.04 Å². The normalized spacial score (nSPS) is 12.1. The predicted molar refractivity (Wildman–Crippen MR) is 155 cm³/mol. The quantitative estimate of drug-likeness (QED) is 0.307. The molecule has 0 aromatic heterocycles. The number of benzene rings is 3. The Bertz CT molecular complexity index is 1440. The van der Waals surface area contributed by atoms with E-state index in [0.717, 1.165) is 29.6 Å². The number of carbonyl (C=O) groups excluding carboxylic acids is 3. The van der Waals surface area contributed by atoms with Crippen LogP contribution in [0.3, 0.4) is 0 Å². The molecule has 0 bridgehead atoms. The molecule has 0 aliphatic carbocycles. The zero-order valence-electron chi connectivity index (χ0n) is 22.9. The molecule has 0 fully saturated rings. The molecule has 0 saturated heterocycles.